The summed E-state index contributed by atoms with van der Waals surface area (Å²) in [6.07, 6.45) is 3.82. The highest BCUT2D eigenvalue weighted by Crippen LogP contribution is 2.36. The molecule has 5 aromatic rings. The Hall–Kier alpha value is -3.16. The fraction of sp³-hybridized carbons (Fsp3) is 0.250. The van der Waals surface area contributed by atoms with Gasteiger partial charge in [-0.2, -0.15) is 4.68 Å². The summed E-state index contributed by atoms with van der Waals surface area (Å²) in [5.41, 5.74) is 4.12. The van der Waals surface area contributed by atoms with E-state index < -0.39 is 0 Å². The van der Waals surface area contributed by atoms with Gasteiger partial charge in [-0.25, -0.2) is 9.97 Å². The Balaban J connectivity index is 1.56. The first kappa shape index (κ1) is 18.6. The van der Waals surface area contributed by atoms with Crippen molar-refractivity contribution in [2.75, 3.05) is 13.1 Å². The number of benzene rings is 2. The number of aromatic nitrogens is 5. The van der Waals surface area contributed by atoms with E-state index in [0.29, 0.717) is 0 Å². The van der Waals surface area contributed by atoms with E-state index in [1.165, 1.54) is 19.3 Å². The Bertz CT molecular complexity index is 1350. The third kappa shape index (κ3) is 3.40. The number of hydrogen-bond acceptors (Lipinski definition) is 6. The molecule has 0 amide bonds. The molecule has 6 rings (SSSR count). The molecule has 2 aromatic carbocycles. The number of piperidine rings is 1. The Kier molecular flexibility index (Phi) is 4.70. The molecule has 6 nitrogen and oxygen atoms in total. The lowest BCUT2D eigenvalue weighted by Gasteiger charge is -2.25. The predicted molar refractivity (Wildman–Crippen MR) is 124 cm³/mol. The second-order valence-electron chi connectivity index (χ2n) is 7.99. The molecule has 0 unspecified atom stereocenters. The van der Waals surface area contributed by atoms with Crippen LogP contribution < -0.4 is 0 Å². The van der Waals surface area contributed by atoms with Gasteiger partial charge in [-0.1, -0.05) is 54.1 Å². The predicted octanol–water partition coefficient (Wildman–Crippen LogP) is 5.08. The monoisotopic (exact) mass is 426 g/mol. The third-order valence-electron chi connectivity index (χ3n) is 5.91. The molecule has 1 saturated heterocycles. The summed E-state index contributed by atoms with van der Waals surface area (Å²) in [7, 11) is 0. The van der Waals surface area contributed by atoms with Gasteiger partial charge in [-0.3, -0.25) is 4.90 Å². The number of fused-ring (bicyclic) bond motifs is 2. The van der Waals surface area contributed by atoms with Crippen LogP contribution in [0.15, 0.2) is 60.0 Å². The summed E-state index contributed by atoms with van der Waals surface area (Å²) >= 11 is 1.67. The number of thiophene rings is 1. The fourth-order valence-electron chi connectivity index (χ4n) is 4.36. The second-order valence-corrected chi connectivity index (χ2v) is 8.84. The van der Waals surface area contributed by atoms with E-state index in [0.717, 1.165) is 63.7 Å². The van der Waals surface area contributed by atoms with Crippen LogP contribution in [0.25, 0.3) is 38.2 Å². The van der Waals surface area contributed by atoms with Crippen LogP contribution in [0.3, 0.4) is 0 Å². The van der Waals surface area contributed by atoms with Crippen LogP contribution in [0.4, 0.5) is 0 Å². The largest absolute Gasteiger partial charge is 0.296 e. The van der Waals surface area contributed by atoms with Crippen molar-refractivity contribution in [3.63, 3.8) is 0 Å². The van der Waals surface area contributed by atoms with Crippen LogP contribution >= 0.6 is 11.3 Å². The van der Waals surface area contributed by atoms with Crippen molar-refractivity contribution in [2.45, 2.75) is 25.8 Å². The minimum atomic E-state index is 0.772. The van der Waals surface area contributed by atoms with Crippen molar-refractivity contribution in [3.8, 4) is 16.9 Å². The molecule has 1 fully saturated rings. The first-order valence-corrected chi connectivity index (χ1v) is 11.6. The lowest BCUT2D eigenvalue weighted by Crippen LogP contribution is -2.30. The first-order chi connectivity index (χ1) is 15.4. The van der Waals surface area contributed by atoms with E-state index in [2.05, 4.69) is 44.9 Å². The lowest BCUT2D eigenvalue weighted by molar-refractivity contribution is 0.216. The second kappa shape index (κ2) is 7.83. The molecule has 0 bridgehead atoms. The van der Waals surface area contributed by atoms with E-state index in [1.54, 1.807) is 11.3 Å². The van der Waals surface area contributed by atoms with Gasteiger partial charge in [0.1, 0.15) is 16.2 Å². The van der Waals surface area contributed by atoms with Gasteiger partial charge in [0.2, 0.25) is 0 Å². The SMILES string of the molecule is c1ccc(-c2csc3nc(CN4CCCCC4)nc(-n4nnc5ccccc54)c23)cc1. The molecule has 1 aliphatic rings. The van der Waals surface area contributed by atoms with Crippen LogP contribution in [0, 0.1) is 0 Å². The van der Waals surface area contributed by atoms with Crippen molar-refractivity contribution in [1.29, 1.82) is 0 Å². The topological polar surface area (TPSA) is 59.7 Å². The Morgan fingerprint density at radius 3 is 2.55 bits per heavy atom. The summed E-state index contributed by atoms with van der Waals surface area (Å²) in [5, 5.41) is 12.1. The summed E-state index contributed by atoms with van der Waals surface area (Å²) < 4.78 is 1.87. The Morgan fingerprint density at radius 1 is 0.871 bits per heavy atom. The van der Waals surface area contributed by atoms with Gasteiger partial charge in [0.15, 0.2) is 5.82 Å². The molecule has 0 radical (unpaired) electrons. The van der Waals surface area contributed by atoms with Gasteiger partial charge in [0.25, 0.3) is 0 Å². The molecule has 4 heterocycles. The highest BCUT2D eigenvalue weighted by atomic mass is 32.1. The van der Waals surface area contributed by atoms with E-state index in [-0.39, 0.29) is 0 Å². The van der Waals surface area contributed by atoms with Crippen LogP contribution in [-0.2, 0) is 6.54 Å². The molecule has 31 heavy (non-hydrogen) atoms. The molecule has 3 aromatic heterocycles. The van der Waals surface area contributed by atoms with Crippen molar-refractivity contribution in [3.05, 3.63) is 65.8 Å². The number of para-hydroxylation sites is 1. The molecule has 154 valence electrons. The van der Waals surface area contributed by atoms with E-state index in [4.69, 9.17) is 9.97 Å². The van der Waals surface area contributed by atoms with E-state index in [9.17, 15) is 0 Å². The van der Waals surface area contributed by atoms with Gasteiger partial charge in [-0.15, -0.1) is 16.4 Å². The molecule has 0 saturated carbocycles. The number of rotatable bonds is 4. The zero-order chi connectivity index (χ0) is 20.6. The molecule has 0 atom stereocenters. The molecule has 7 heteroatoms. The molecular formula is C24H22N6S. The van der Waals surface area contributed by atoms with Gasteiger partial charge >= 0.3 is 0 Å². The quantitative estimate of drug-likeness (QED) is 0.401. The average Bonchev–Trinajstić information content (AvgIpc) is 3.44. The maximum Gasteiger partial charge on any atom is 0.168 e. The van der Waals surface area contributed by atoms with Crippen molar-refractivity contribution in [2.24, 2.45) is 0 Å². The van der Waals surface area contributed by atoms with Crippen molar-refractivity contribution >= 4 is 32.6 Å². The highest BCUT2D eigenvalue weighted by Gasteiger charge is 2.20. The summed E-state index contributed by atoms with van der Waals surface area (Å²) in [6, 6.07) is 18.5. The zero-order valence-corrected chi connectivity index (χ0v) is 17.9. The molecule has 1 aliphatic heterocycles. The van der Waals surface area contributed by atoms with E-state index >= 15 is 0 Å². The summed E-state index contributed by atoms with van der Waals surface area (Å²) in [6.45, 7) is 3.00. The maximum atomic E-state index is 5.06. The number of likely N-dealkylation sites (tertiary alicyclic amines) is 1. The lowest BCUT2D eigenvalue weighted by atomic mass is 10.1. The normalized spacial score (nSPS) is 15.1. The van der Waals surface area contributed by atoms with E-state index in [1.807, 2.05) is 35.0 Å². The zero-order valence-electron chi connectivity index (χ0n) is 17.1. The van der Waals surface area contributed by atoms with Crippen LogP contribution in [0.2, 0.25) is 0 Å². The van der Waals surface area contributed by atoms with Crippen LogP contribution in [-0.4, -0.2) is 43.0 Å². The van der Waals surface area contributed by atoms with Crippen LogP contribution in [0.5, 0.6) is 0 Å². The molecule has 0 spiro atoms. The Labute approximate surface area is 184 Å². The molecule has 0 aliphatic carbocycles. The molecular weight excluding hydrogens is 404 g/mol. The summed E-state index contributed by atoms with van der Waals surface area (Å²) in [4.78, 5) is 13.5. The third-order valence-corrected chi connectivity index (χ3v) is 6.78. The number of hydrogen-bond donors (Lipinski definition) is 0. The molecule has 0 N–H and O–H groups in total. The van der Waals surface area contributed by atoms with Crippen molar-refractivity contribution in [1.82, 2.24) is 29.9 Å². The average molecular weight is 427 g/mol. The maximum absolute atomic E-state index is 5.06. The highest BCUT2D eigenvalue weighted by molar-refractivity contribution is 7.17. The van der Waals surface area contributed by atoms with Gasteiger partial charge in [0, 0.05) is 10.9 Å². The minimum absolute atomic E-state index is 0.772. The summed E-state index contributed by atoms with van der Waals surface area (Å²) in [5.74, 6) is 1.66. The van der Waals surface area contributed by atoms with Crippen LogP contribution in [0.1, 0.15) is 25.1 Å². The Morgan fingerprint density at radius 2 is 1.68 bits per heavy atom. The van der Waals surface area contributed by atoms with Gasteiger partial charge in [0.05, 0.1) is 17.4 Å². The fourth-order valence-corrected chi connectivity index (χ4v) is 5.32. The first-order valence-electron chi connectivity index (χ1n) is 10.7. The van der Waals surface area contributed by atoms with Crippen molar-refractivity contribution < 1.29 is 0 Å². The smallest absolute Gasteiger partial charge is 0.168 e. The minimum Gasteiger partial charge on any atom is -0.296 e. The van der Waals surface area contributed by atoms with Gasteiger partial charge < -0.3 is 0 Å². The number of nitrogens with zero attached hydrogens (tertiary/aromatic N) is 6. The standard InChI is InChI=1S/C24H22N6S/c1-3-9-17(10-4-1)18-16-31-24-22(18)23(30-20-12-6-5-11-19(20)27-28-30)25-21(26-24)15-29-13-7-2-8-14-29/h1,3-6,9-12,16H,2,7-8,13-15H2. The van der Waals surface area contributed by atoms with Gasteiger partial charge in [-0.05, 0) is 43.6 Å².